The number of carbonyl (C=O) groups is 1. The Hall–Kier alpha value is -2.87. The summed E-state index contributed by atoms with van der Waals surface area (Å²) in [5.41, 5.74) is 1.21. The van der Waals surface area contributed by atoms with E-state index >= 15 is 0 Å². The highest BCUT2D eigenvalue weighted by molar-refractivity contribution is 5.96. The first kappa shape index (κ1) is 12.6. The minimum absolute atomic E-state index is 0.216. The number of hydrogen-bond donors (Lipinski definition) is 1. The first-order chi connectivity index (χ1) is 9.27. The van der Waals surface area contributed by atoms with Crippen molar-refractivity contribution >= 4 is 5.91 Å². The number of hydrogen-bond acceptors (Lipinski definition) is 3. The summed E-state index contributed by atoms with van der Waals surface area (Å²) in [5, 5.41) is 15.9. The van der Waals surface area contributed by atoms with E-state index in [9.17, 15) is 10.1 Å². The van der Waals surface area contributed by atoms with Crippen molar-refractivity contribution in [3.63, 3.8) is 0 Å². The number of nitrogens with zero attached hydrogens (tertiary/aromatic N) is 3. The van der Waals surface area contributed by atoms with Crippen molar-refractivity contribution in [2.24, 2.45) is 0 Å². The van der Waals surface area contributed by atoms with Crippen LogP contribution < -0.4 is 5.32 Å². The van der Waals surface area contributed by atoms with E-state index < -0.39 is 0 Å². The van der Waals surface area contributed by atoms with Crippen molar-refractivity contribution in [2.75, 3.05) is 6.54 Å². The normalized spacial score (nSPS) is 9.63. The van der Waals surface area contributed by atoms with E-state index in [0.717, 1.165) is 5.69 Å². The molecule has 0 fully saturated rings. The van der Waals surface area contributed by atoms with Crippen LogP contribution in [0.15, 0.2) is 49.2 Å². The summed E-state index contributed by atoms with van der Waals surface area (Å²) >= 11 is 0. The van der Waals surface area contributed by atoms with Crippen LogP contribution in [0.25, 0.3) is 5.69 Å². The summed E-state index contributed by atoms with van der Waals surface area (Å²) in [6, 6.07) is 11.2. The van der Waals surface area contributed by atoms with E-state index in [2.05, 4.69) is 17.0 Å². The Bertz CT molecular complexity index is 637. The number of para-hydroxylation sites is 1. The van der Waals surface area contributed by atoms with Crippen LogP contribution in [0.5, 0.6) is 0 Å². The molecule has 1 heterocycles. The van der Waals surface area contributed by atoms with E-state index in [1.165, 1.54) is 10.9 Å². The zero-order valence-electron chi connectivity index (χ0n) is 10.2. The lowest BCUT2D eigenvalue weighted by Gasteiger charge is -2.03. The molecule has 0 bridgehead atoms. The quantitative estimate of drug-likeness (QED) is 0.841. The molecule has 0 aliphatic rings. The maximum atomic E-state index is 11.9. The van der Waals surface area contributed by atoms with Crippen LogP contribution in [0.3, 0.4) is 0 Å². The van der Waals surface area contributed by atoms with Crippen LogP contribution in [-0.4, -0.2) is 22.2 Å². The molecule has 2 aromatic rings. The molecule has 94 valence electrons. The predicted octanol–water partition coefficient (Wildman–Crippen LogP) is 1.66. The molecule has 0 unspecified atom stereocenters. The summed E-state index contributed by atoms with van der Waals surface area (Å²) in [6.45, 7) is 3.87. The van der Waals surface area contributed by atoms with Crippen molar-refractivity contribution < 1.29 is 4.79 Å². The SMILES string of the molecule is C=CCNC(=O)c1cnn(-c2ccccc2)c1C#N. The molecule has 1 N–H and O–H groups in total. The van der Waals surface area contributed by atoms with E-state index in [4.69, 9.17) is 0 Å². The van der Waals surface area contributed by atoms with Gasteiger partial charge in [0.25, 0.3) is 5.91 Å². The van der Waals surface area contributed by atoms with Crippen molar-refractivity contribution in [3.05, 3.63) is 60.4 Å². The van der Waals surface area contributed by atoms with Gasteiger partial charge in [-0.25, -0.2) is 4.68 Å². The second-order valence-electron chi connectivity index (χ2n) is 3.76. The van der Waals surface area contributed by atoms with Gasteiger partial charge in [0, 0.05) is 6.54 Å². The third-order valence-electron chi connectivity index (χ3n) is 2.53. The van der Waals surface area contributed by atoms with Gasteiger partial charge in [-0.1, -0.05) is 24.3 Å². The van der Waals surface area contributed by atoms with Crippen molar-refractivity contribution in [1.82, 2.24) is 15.1 Å². The van der Waals surface area contributed by atoms with Crippen molar-refractivity contribution in [1.29, 1.82) is 5.26 Å². The Morgan fingerprint density at radius 2 is 2.21 bits per heavy atom. The van der Waals surface area contributed by atoms with Gasteiger partial charge >= 0.3 is 0 Å². The summed E-state index contributed by atoms with van der Waals surface area (Å²) in [7, 11) is 0. The molecule has 1 aromatic heterocycles. The fraction of sp³-hybridized carbons (Fsp3) is 0.0714. The van der Waals surface area contributed by atoms with Crippen LogP contribution in [-0.2, 0) is 0 Å². The van der Waals surface area contributed by atoms with Crippen LogP contribution in [0.1, 0.15) is 16.1 Å². The lowest BCUT2D eigenvalue weighted by molar-refractivity contribution is 0.0957. The van der Waals surface area contributed by atoms with Gasteiger partial charge in [0.05, 0.1) is 17.4 Å². The fourth-order valence-electron chi connectivity index (χ4n) is 1.65. The van der Waals surface area contributed by atoms with E-state index in [-0.39, 0.29) is 17.2 Å². The van der Waals surface area contributed by atoms with E-state index in [1.54, 1.807) is 6.08 Å². The standard InChI is InChI=1S/C14H12N4O/c1-2-8-16-14(19)12-10-17-18(13(12)9-15)11-6-4-3-5-7-11/h2-7,10H,1,8H2,(H,16,19). The Balaban J connectivity index is 2.39. The van der Waals surface area contributed by atoms with E-state index in [1.807, 2.05) is 36.4 Å². The van der Waals surface area contributed by atoms with Gasteiger partial charge < -0.3 is 5.32 Å². The molecule has 0 atom stereocenters. The third kappa shape index (κ3) is 2.53. The minimum Gasteiger partial charge on any atom is -0.348 e. The van der Waals surface area contributed by atoms with Gasteiger partial charge in [0.15, 0.2) is 5.69 Å². The lowest BCUT2D eigenvalue weighted by atomic mass is 10.2. The Labute approximate surface area is 110 Å². The van der Waals surface area contributed by atoms with Crippen LogP contribution in [0, 0.1) is 11.3 Å². The molecule has 0 radical (unpaired) electrons. The second-order valence-corrected chi connectivity index (χ2v) is 3.76. The van der Waals surface area contributed by atoms with Gasteiger partial charge in [-0.3, -0.25) is 4.79 Å². The summed E-state index contributed by atoms with van der Waals surface area (Å²) in [4.78, 5) is 11.9. The van der Waals surface area contributed by atoms with Gasteiger partial charge in [-0.15, -0.1) is 6.58 Å². The largest absolute Gasteiger partial charge is 0.348 e. The Morgan fingerprint density at radius 3 is 2.84 bits per heavy atom. The average molecular weight is 252 g/mol. The lowest BCUT2D eigenvalue weighted by Crippen LogP contribution is -2.23. The van der Waals surface area contributed by atoms with Gasteiger partial charge in [0.2, 0.25) is 0 Å². The third-order valence-corrected chi connectivity index (χ3v) is 2.53. The maximum absolute atomic E-state index is 11.9. The Morgan fingerprint density at radius 1 is 1.47 bits per heavy atom. The van der Waals surface area contributed by atoms with Crippen LogP contribution >= 0.6 is 0 Å². The Kier molecular flexibility index (Phi) is 3.74. The summed E-state index contributed by atoms with van der Waals surface area (Å²) < 4.78 is 1.45. The molecule has 1 amide bonds. The van der Waals surface area contributed by atoms with Gasteiger partial charge in [-0.05, 0) is 12.1 Å². The number of amides is 1. The molecule has 0 aliphatic heterocycles. The van der Waals surface area contributed by atoms with Gasteiger partial charge in [0.1, 0.15) is 6.07 Å². The highest BCUT2D eigenvalue weighted by Gasteiger charge is 2.17. The van der Waals surface area contributed by atoms with Gasteiger partial charge in [-0.2, -0.15) is 10.4 Å². The zero-order valence-corrected chi connectivity index (χ0v) is 10.2. The molecule has 0 saturated carbocycles. The molecule has 1 aromatic carbocycles. The topological polar surface area (TPSA) is 70.7 Å². The molecule has 0 aliphatic carbocycles. The number of nitriles is 1. The number of carbonyl (C=O) groups excluding carboxylic acids is 1. The first-order valence-electron chi connectivity index (χ1n) is 5.70. The second kappa shape index (κ2) is 5.65. The maximum Gasteiger partial charge on any atom is 0.256 e. The monoisotopic (exact) mass is 252 g/mol. The molecule has 0 spiro atoms. The highest BCUT2D eigenvalue weighted by atomic mass is 16.1. The fourth-order valence-corrected chi connectivity index (χ4v) is 1.65. The number of rotatable bonds is 4. The van der Waals surface area contributed by atoms with E-state index in [0.29, 0.717) is 6.54 Å². The zero-order chi connectivity index (χ0) is 13.7. The number of nitrogens with one attached hydrogen (secondary N) is 1. The predicted molar refractivity (Wildman–Crippen MR) is 70.8 cm³/mol. The molecular weight excluding hydrogens is 240 g/mol. The molecule has 0 saturated heterocycles. The summed E-state index contributed by atoms with van der Waals surface area (Å²) in [6.07, 6.45) is 2.97. The molecule has 5 heteroatoms. The number of aromatic nitrogens is 2. The van der Waals surface area contributed by atoms with Crippen molar-refractivity contribution in [2.45, 2.75) is 0 Å². The van der Waals surface area contributed by atoms with Crippen LogP contribution in [0.4, 0.5) is 0 Å². The summed E-state index contributed by atoms with van der Waals surface area (Å²) in [5.74, 6) is -0.335. The first-order valence-corrected chi connectivity index (χ1v) is 5.70. The smallest absolute Gasteiger partial charge is 0.256 e. The number of benzene rings is 1. The van der Waals surface area contributed by atoms with Crippen molar-refractivity contribution in [3.8, 4) is 11.8 Å². The molecule has 2 rings (SSSR count). The minimum atomic E-state index is -0.335. The highest BCUT2D eigenvalue weighted by Crippen LogP contribution is 2.13. The average Bonchev–Trinajstić information content (AvgIpc) is 2.89. The molecule has 19 heavy (non-hydrogen) atoms. The molecule has 5 nitrogen and oxygen atoms in total. The van der Waals surface area contributed by atoms with Crippen LogP contribution in [0.2, 0.25) is 0 Å². The molecular formula is C14H12N4O.